The van der Waals surface area contributed by atoms with Gasteiger partial charge in [0.2, 0.25) is 0 Å². The number of hydrogen-bond donors (Lipinski definition) is 1. The Labute approximate surface area is 135 Å². The van der Waals surface area contributed by atoms with Crippen LogP contribution < -0.4 is 0 Å². The number of carbonyl (C=O) groups is 1. The third kappa shape index (κ3) is 2.79. The highest BCUT2D eigenvalue weighted by atomic mass is 16.5. The van der Waals surface area contributed by atoms with E-state index in [1.807, 2.05) is 44.4 Å². The molecule has 6 nitrogen and oxygen atoms in total. The predicted octanol–water partition coefficient (Wildman–Crippen LogP) is 2.23. The molecule has 6 heteroatoms. The van der Waals surface area contributed by atoms with Crippen LogP contribution in [0.5, 0.6) is 0 Å². The summed E-state index contributed by atoms with van der Waals surface area (Å²) >= 11 is 0. The van der Waals surface area contributed by atoms with Crippen molar-refractivity contribution < 1.29 is 14.4 Å². The molecule has 1 amide bonds. The molecule has 0 radical (unpaired) electrons. The fourth-order valence-corrected chi connectivity index (χ4v) is 3.19. The van der Waals surface area contributed by atoms with Crippen LogP contribution in [0.3, 0.4) is 0 Å². The van der Waals surface area contributed by atoms with Gasteiger partial charge in [0.15, 0.2) is 5.82 Å². The minimum absolute atomic E-state index is 0.0319. The van der Waals surface area contributed by atoms with E-state index in [1.54, 1.807) is 4.90 Å². The van der Waals surface area contributed by atoms with E-state index < -0.39 is 6.10 Å². The molecule has 1 saturated heterocycles. The van der Waals surface area contributed by atoms with E-state index in [0.29, 0.717) is 24.5 Å². The Kier molecular flexibility index (Phi) is 4.02. The molecule has 2 unspecified atom stereocenters. The second kappa shape index (κ2) is 5.85. The summed E-state index contributed by atoms with van der Waals surface area (Å²) in [7, 11) is 0. The van der Waals surface area contributed by atoms with Crippen molar-refractivity contribution in [3.63, 3.8) is 0 Å². The van der Waals surface area contributed by atoms with E-state index in [9.17, 15) is 9.90 Å². The van der Waals surface area contributed by atoms with Gasteiger partial charge in [-0.1, -0.05) is 12.1 Å². The predicted molar refractivity (Wildman–Crippen MR) is 85.7 cm³/mol. The van der Waals surface area contributed by atoms with Gasteiger partial charge in [0, 0.05) is 30.5 Å². The van der Waals surface area contributed by atoms with Gasteiger partial charge in [-0.25, -0.2) is 0 Å². The number of hydrogen-bond acceptors (Lipinski definition) is 4. The first-order chi connectivity index (χ1) is 10.9. The third-order valence-corrected chi connectivity index (χ3v) is 4.71. The lowest BCUT2D eigenvalue weighted by atomic mass is 9.95. The smallest absolute Gasteiger partial charge is 0.255 e. The van der Waals surface area contributed by atoms with Crippen molar-refractivity contribution in [2.45, 2.75) is 40.2 Å². The van der Waals surface area contributed by atoms with Crippen LogP contribution in [0.15, 0.2) is 16.7 Å². The van der Waals surface area contributed by atoms with Crippen molar-refractivity contribution in [2.75, 3.05) is 13.1 Å². The Morgan fingerprint density at radius 3 is 2.70 bits per heavy atom. The number of carbonyl (C=O) groups excluding carboxylic acids is 1. The van der Waals surface area contributed by atoms with Crippen molar-refractivity contribution in [1.29, 1.82) is 0 Å². The Bertz CT molecular complexity index is 732. The summed E-state index contributed by atoms with van der Waals surface area (Å²) in [5.41, 5.74) is 2.43. The first-order valence-corrected chi connectivity index (χ1v) is 7.98. The first-order valence-electron chi connectivity index (χ1n) is 7.98. The van der Waals surface area contributed by atoms with Gasteiger partial charge >= 0.3 is 0 Å². The molecule has 3 heterocycles. The van der Waals surface area contributed by atoms with Crippen molar-refractivity contribution in [3.05, 3.63) is 34.8 Å². The van der Waals surface area contributed by atoms with Gasteiger partial charge in [0.05, 0.1) is 11.7 Å². The lowest BCUT2D eigenvalue weighted by molar-refractivity contribution is 0.0248. The van der Waals surface area contributed by atoms with Gasteiger partial charge in [-0.05, 0) is 39.2 Å². The van der Waals surface area contributed by atoms with Crippen LogP contribution in [0, 0.1) is 26.7 Å². The number of aliphatic hydroxyl groups excluding tert-OH is 1. The fourth-order valence-electron chi connectivity index (χ4n) is 3.19. The molecule has 124 valence electrons. The van der Waals surface area contributed by atoms with Crippen LogP contribution in [0.2, 0.25) is 0 Å². The summed E-state index contributed by atoms with van der Waals surface area (Å²) in [5.74, 6) is 1.62. The van der Waals surface area contributed by atoms with Gasteiger partial charge in [-0.15, -0.1) is 0 Å². The molecular weight excluding hydrogens is 294 g/mol. The highest BCUT2D eigenvalue weighted by Crippen LogP contribution is 2.24. The van der Waals surface area contributed by atoms with Crippen LogP contribution in [0.25, 0.3) is 5.82 Å². The van der Waals surface area contributed by atoms with E-state index in [4.69, 9.17) is 4.52 Å². The number of aromatic nitrogens is 2. The SMILES string of the molecule is Cc1cc(-n2c(C)cc(C(=O)N3CCC(C)C(O)C3)c2C)no1. The molecule has 2 atom stereocenters. The number of likely N-dealkylation sites (tertiary alicyclic amines) is 1. The van der Waals surface area contributed by atoms with Crippen LogP contribution in [-0.4, -0.2) is 44.8 Å². The summed E-state index contributed by atoms with van der Waals surface area (Å²) in [4.78, 5) is 14.6. The highest BCUT2D eigenvalue weighted by Gasteiger charge is 2.29. The Morgan fingerprint density at radius 2 is 2.09 bits per heavy atom. The number of β-amino-alcohol motifs (C(OH)–C–C–N with tert-alkyl or cyclic N) is 1. The van der Waals surface area contributed by atoms with E-state index >= 15 is 0 Å². The lowest BCUT2D eigenvalue weighted by Gasteiger charge is -2.34. The van der Waals surface area contributed by atoms with E-state index in [0.717, 1.165) is 23.6 Å². The topological polar surface area (TPSA) is 71.5 Å². The standard InChI is InChI=1S/C17H23N3O3/c1-10-5-6-19(9-15(10)21)17(22)14-7-11(2)20(13(14)4)16-8-12(3)23-18-16/h7-8,10,15,21H,5-6,9H2,1-4H3. The van der Waals surface area contributed by atoms with Crippen molar-refractivity contribution in [2.24, 2.45) is 5.92 Å². The molecule has 1 aliphatic rings. The van der Waals surface area contributed by atoms with Gasteiger partial charge in [0.1, 0.15) is 5.76 Å². The number of aliphatic hydroxyl groups is 1. The lowest BCUT2D eigenvalue weighted by Crippen LogP contribution is -2.45. The molecular formula is C17H23N3O3. The number of rotatable bonds is 2. The Morgan fingerprint density at radius 1 is 1.35 bits per heavy atom. The molecule has 2 aromatic rings. The maximum Gasteiger partial charge on any atom is 0.255 e. The normalized spacial score (nSPS) is 21.7. The third-order valence-electron chi connectivity index (χ3n) is 4.71. The average molecular weight is 317 g/mol. The molecule has 0 aliphatic carbocycles. The Balaban J connectivity index is 1.90. The molecule has 1 N–H and O–H groups in total. The van der Waals surface area contributed by atoms with Gasteiger partial charge in [-0.3, -0.25) is 9.36 Å². The van der Waals surface area contributed by atoms with Crippen LogP contribution in [-0.2, 0) is 0 Å². The number of piperidine rings is 1. The first kappa shape index (κ1) is 15.8. The fraction of sp³-hybridized carbons (Fsp3) is 0.529. The summed E-state index contributed by atoms with van der Waals surface area (Å²) in [5, 5.41) is 14.1. The maximum absolute atomic E-state index is 12.8. The Hall–Kier alpha value is -2.08. The van der Waals surface area contributed by atoms with Crippen LogP contribution >= 0.6 is 0 Å². The number of nitrogens with zero attached hydrogens (tertiary/aromatic N) is 3. The summed E-state index contributed by atoms with van der Waals surface area (Å²) < 4.78 is 7.06. The van der Waals surface area contributed by atoms with E-state index in [1.165, 1.54) is 0 Å². The maximum atomic E-state index is 12.8. The minimum Gasteiger partial charge on any atom is -0.391 e. The zero-order valence-corrected chi connectivity index (χ0v) is 14.0. The second-order valence-corrected chi connectivity index (χ2v) is 6.50. The molecule has 3 rings (SSSR count). The molecule has 0 saturated carbocycles. The molecule has 1 aliphatic heterocycles. The summed E-state index contributed by atoms with van der Waals surface area (Å²) in [6.07, 6.45) is 0.378. The van der Waals surface area contributed by atoms with Crippen molar-refractivity contribution in [3.8, 4) is 5.82 Å². The van der Waals surface area contributed by atoms with Gasteiger partial charge < -0.3 is 14.5 Å². The number of aryl methyl sites for hydroxylation is 2. The van der Waals surface area contributed by atoms with Crippen LogP contribution in [0.4, 0.5) is 0 Å². The van der Waals surface area contributed by atoms with Crippen LogP contribution in [0.1, 0.15) is 40.9 Å². The summed E-state index contributed by atoms with van der Waals surface area (Å²) in [6.45, 7) is 8.79. The average Bonchev–Trinajstić information content (AvgIpc) is 3.04. The van der Waals surface area contributed by atoms with E-state index in [-0.39, 0.29) is 11.8 Å². The highest BCUT2D eigenvalue weighted by molar-refractivity contribution is 5.96. The molecule has 2 aromatic heterocycles. The molecule has 0 spiro atoms. The van der Waals surface area contributed by atoms with Gasteiger partial charge in [0.25, 0.3) is 5.91 Å². The largest absolute Gasteiger partial charge is 0.391 e. The minimum atomic E-state index is -0.450. The molecule has 0 aromatic carbocycles. The second-order valence-electron chi connectivity index (χ2n) is 6.50. The van der Waals surface area contributed by atoms with Crippen molar-refractivity contribution >= 4 is 5.91 Å². The molecule has 23 heavy (non-hydrogen) atoms. The number of amides is 1. The summed E-state index contributed by atoms with van der Waals surface area (Å²) in [6, 6.07) is 3.73. The monoisotopic (exact) mass is 317 g/mol. The zero-order chi connectivity index (χ0) is 16.7. The zero-order valence-electron chi connectivity index (χ0n) is 14.0. The van der Waals surface area contributed by atoms with E-state index in [2.05, 4.69) is 5.16 Å². The van der Waals surface area contributed by atoms with Crippen molar-refractivity contribution in [1.82, 2.24) is 14.6 Å². The van der Waals surface area contributed by atoms with Gasteiger partial charge in [-0.2, -0.15) is 0 Å². The quantitative estimate of drug-likeness (QED) is 0.922. The molecule has 0 bridgehead atoms. The molecule has 1 fully saturated rings.